The van der Waals surface area contributed by atoms with Crippen molar-refractivity contribution in [2.75, 3.05) is 19.7 Å². The second-order valence-corrected chi connectivity index (χ2v) is 3.18. The van der Waals surface area contributed by atoms with Gasteiger partial charge in [0.2, 0.25) is 0 Å². The van der Waals surface area contributed by atoms with Gasteiger partial charge in [-0.3, -0.25) is 9.69 Å². The molecule has 4 nitrogen and oxygen atoms in total. The molecule has 0 aromatic rings. The van der Waals surface area contributed by atoms with Gasteiger partial charge < -0.3 is 10.2 Å². The average Bonchev–Trinajstić information content (AvgIpc) is 2.51. The highest BCUT2D eigenvalue weighted by Crippen LogP contribution is 2.13. The van der Waals surface area contributed by atoms with E-state index in [2.05, 4.69) is 0 Å². The Kier molecular flexibility index (Phi) is 3.49. The number of likely N-dealkylation sites (tertiary alicyclic amines) is 1. The lowest BCUT2D eigenvalue weighted by atomic mass is 10.2. The number of aliphatic hydroxyl groups is 1. The second kappa shape index (κ2) is 4.42. The topological polar surface area (TPSA) is 60.8 Å². The number of carboxylic acids is 1. The number of nitrogens with zero attached hydrogens (tertiary/aromatic N) is 1. The van der Waals surface area contributed by atoms with Gasteiger partial charge in [-0.05, 0) is 25.9 Å². The highest BCUT2D eigenvalue weighted by atomic mass is 16.4. The van der Waals surface area contributed by atoms with Crippen LogP contribution >= 0.6 is 0 Å². The fourth-order valence-electron chi connectivity index (χ4n) is 1.62. The minimum atomic E-state index is -0.832. The first-order valence-electron chi connectivity index (χ1n) is 4.30. The first-order valence-corrected chi connectivity index (χ1v) is 4.30. The molecule has 0 radical (unpaired) electrons. The second-order valence-electron chi connectivity index (χ2n) is 3.18. The molecule has 70 valence electrons. The third-order valence-corrected chi connectivity index (χ3v) is 2.28. The monoisotopic (exact) mass is 173 g/mol. The summed E-state index contributed by atoms with van der Waals surface area (Å²) in [6.07, 6.45) is 2.29. The Morgan fingerprint density at radius 3 is 2.42 bits per heavy atom. The van der Waals surface area contributed by atoms with E-state index < -0.39 is 5.97 Å². The van der Waals surface area contributed by atoms with E-state index in [9.17, 15) is 4.79 Å². The number of hydrogen-bond acceptors (Lipinski definition) is 3. The average molecular weight is 173 g/mol. The highest BCUT2D eigenvalue weighted by molar-refractivity contribution is 5.67. The van der Waals surface area contributed by atoms with E-state index >= 15 is 0 Å². The van der Waals surface area contributed by atoms with Gasteiger partial charge in [-0.15, -0.1) is 0 Å². The maximum absolute atomic E-state index is 10.4. The van der Waals surface area contributed by atoms with Crippen LogP contribution in [0.4, 0.5) is 0 Å². The van der Waals surface area contributed by atoms with Crippen molar-refractivity contribution in [3.8, 4) is 0 Å². The first kappa shape index (κ1) is 9.48. The smallest absolute Gasteiger partial charge is 0.305 e. The van der Waals surface area contributed by atoms with Gasteiger partial charge in [0.05, 0.1) is 13.0 Å². The van der Waals surface area contributed by atoms with Crippen LogP contribution in [-0.4, -0.2) is 46.8 Å². The van der Waals surface area contributed by atoms with E-state index in [-0.39, 0.29) is 19.1 Å². The van der Waals surface area contributed by atoms with E-state index in [1.54, 1.807) is 0 Å². The van der Waals surface area contributed by atoms with Crippen molar-refractivity contribution in [3.05, 3.63) is 0 Å². The molecule has 0 saturated carbocycles. The van der Waals surface area contributed by atoms with Crippen LogP contribution in [0.25, 0.3) is 0 Å². The van der Waals surface area contributed by atoms with Crippen LogP contribution in [0.5, 0.6) is 0 Å². The van der Waals surface area contributed by atoms with Gasteiger partial charge in [0.25, 0.3) is 0 Å². The molecule has 12 heavy (non-hydrogen) atoms. The quantitative estimate of drug-likeness (QED) is 0.624. The SMILES string of the molecule is O=C(O)CC(CO)N1CCCC1. The van der Waals surface area contributed by atoms with Crippen molar-refractivity contribution < 1.29 is 15.0 Å². The molecule has 0 aromatic heterocycles. The summed E-state index contributed by atoms with van der Waals surface area (Å²) in [7, 11) is 0. The van der Waals surface area contributed by atoms with Gasteiger partial charge in [0, 0.05) is 6.04 Å². The molecular formula is C8H15NO3. The Morgan fingerprint density at radius 2 is 2.00 bits per heavy atom. The predicted octanol–water partition coefficient (Wildman–Crippen LogP) is -0.0822. The molecule has 0 bridgehead atoms. The molecule has 0 spiro atoms. The molecule has 0 aliphatic carbocycles. The molecule has 1 rings (SSSR count). The van der Waals surface area contributed by atoms with Gasteiger partial charge in [0.15, 0.2) is 0 Å². The lowest BCUT2D eigenvalue weighted by molar-refractivity contribution is -0.138. The van der Waals surface area contributed by atoms with Gasteiger partial charge >= 0.3 is 5.97 Å². The minimum Gasteiger partial charge on any atom is -0.481 e. The zero-order chi connectivity index (χ0) is 8.97. The Labute approximate surface area is 71.8 Å². The molecule has 1 fully saturated rings. The van der Waals surface area contributed by atoms with Crippen LogP contribution < -0.4 is 0 Å². The third-order valence-electron chi connectivity index (χ3n) is 2.28. The standard InChI is InChI=1S/C8H15NO3/c10-6-7(5-8(11)12)9-3-1-2-4-9/h7,10H,1-6H2,(H,11,12). The van der Waals surface area contributed by atoms with Gasteiger partial charge in [-0.25, -0.2) is 0 Å². The molecule has 1 heterocycles. The van der Waals surface area contributed by atoms with Crippen LogP contribution in [0, 0.1) is 0 Å². The third kappa shape index (κ3) is 2.46. The van der Waals surface area contributed by atoms with E-state index in [1.807, 2.05) is 4.90 Å². The summed E-state index contributed by atoms with van der Waals surface area (Å²) in [6, 6.07) is -0.176. The lowest BCUT2D eigenvalue weighted by Crippen LogP contribution is -2.37. The maximum Gasteiger partial charge on any atom is 0.305 e. The normalized spacial score (nSPS) is 21.1. The van der Waals surface area contributed by atoms with Crippen LogP contribution in [0.3, 0.4) is 0 Å². The van der Waals surface area contributed by atoms with Gasteiger partial charge in [-0.1, -0.05) is 0 Å². The lowest BCUT2D eigenvalue weighted by Gasteiger charge is -2.23. The van der Waals surface area contributed by atoms with Crippen molar-refractivity contribution in [1.82, 2.24) is 4.90 Å². The van der Waals surface area contributed by atoms with Crippen LogP contribution in [0.1, 0.15) is 19.3 Å². The predicted molar refractivity (Wildman–Crippen MR) is 43.9 cm³/mol. The fraction of sp³-hybridized carbons (Fsp3) is 0.875. The summed E-state index contributed by atoms with van der Waals surface area (Å²) < 4.78 is 0. The largest absolute Gasteiger partial charge is 0.481 e. The molecule has 1 aliphatic heterocycles. The zero-order valence-electron chi connectivity index (χ0n) is 7.07. The molecule has 1 atom stereocenters. The minimum absolute atomic E-state index is 0.0493. The first-order chi connectivity index (χ1) is 5.74. The van der Waals surface area contributed by atoms with E-state index in [1.165, 1.54) is 0 Å². The maximum atomic E-state index is 10.4. The molecule has 2 N–H and O–H groups in total. The number of hydrogen-bond donors (Lipinski definition) is 2. The molecule has 1 saturated heterocycles. The fourth-order valence-corrected chi connectivity index (χ4v) is 1.62. The number of aliphatic hydroxyl groups excluding tert-OH is 1. The molecule has 0 amide bonds. The molecule has 1 unspecified atom stereocenters. The van der Waals surface area contributed by atoms with Crippen molar-refractivity contribution in [2.45, 2.75) is 25.3 Å². The zero-order valence-corrected chi connectivity index (χ0v) is 7.07. The van der Waals surface area contributed by atoms with E-state index in [0.717, 1.165) is 25.9 Å². The van der Waals surface area contributed by atoms with Crippen LogP contribution in [-0.2, 0) is 4.79 Å². The Hall–Kier alpha value is -0.610. The summed E-state index contributed by atoms with van der Waals surface area (Å²) in [5.41, 5.74) is 0. The van der Waals surface area contributed by atoms with E-state index in [0.29, 0.717) is 0 Å². The summed E-state index contributed by atoms with van der Waals surface area (Å²) >= 11 is 0. The molecule has 0 aromatic carbocycles. The van der Waals surface area contributed by atoms with Gasteiger partial charge in [-0.2, -0.15) is 0 Å². The highest BCUT2D eigenvalue weighted by Gasteiger charge is 2.22. The number of rotatable bonds is 4. The van der Waals surface area contributed by atoms with Crippen molar-refractivity contribution in [3.63, 3.8) is 0 Å². The van der Waals surface area contributed by atoms with Crippen LogP contribution in [0.2, 0.25) is 0 Å². The Morgan fingerprint density at radius 1 is 1.42 bits per heavy atom. The summed E-state index contributed by atoms with van der Waals surface area (Å²) in [5, 5.41) is 17.5. The Balaban J connectivity index is 2.37. The van der Waals surface area contributed by atoms with E-state index in [4.69, 9.17) is 10.2 Å². The van der Waals surface area contributed by atoms with Crippen molar-refractivity contribution in [2.24, 2.45) is 0 Å². The molecular weight excluding hydrogens is 158 g/mol. The number of carboxylic acid groups (broad SMARTS) is 1. The Bertz CT molecular complexity index is 154. The summed E-state index contributed by atoms with van der Waals surface area (Å²) in [4.78, 5) is 12.4. The van der Waals surface area contributed by atoms with Crippen molar-refractivity contribution >= 4 is 5.97 Å². The number of aliphatic carboxylic acids is 1. The summed E-state index contributed by atoms with van der Waals surface area (Å²) in [6.45, 7) is 1.81. The number of carbonyl (C=O) groups is 1. The van der Waals surface area contributed by atoms with Crippen molar-refractivity contribution in [1.29, 1.82) is 0 Å². The van der Waals surface area contributed by atoms with Crippen LogP contribution in [0.15, 0.2) is 0 Å². The molecule has 4 heteroatoms. The summed E-state index contributed by atoms with van der Waals surface area (Å²) in [5.74, 6) is -0.832. The van der Waals surface area contributed by atoms with Gasteiger partial charge in [0.1, 0.15) is 0 Å². The molecule has 1 aliphatic rings.